The number of rotatable bonds is 3. The van der Waals surface area contributed by atoms with Crippen molar-refractivity contribution in [3.8, 4) is 0 Å². The second kappa shape index (κ2) is 4.02. The number of hydrogen-bond donors (Lipinski definition) is 0. The Balaban J connectivity index is 3.02. The molecule has 1 unspecified atom stereocenters. The smallest absolute Gasteiger partial charge is 0.190 e. The Morgan fingerprint density at radius 3 is 2.23 bits per heavy atom. The molecule has 0 saturated carbocycles. The first-order valence-electron chi connectivity index (χ1n) is 3.60. The first kappa shape index (κ1) is 10.4. The van der Waals surface area contributed by atoms with Crippen LogP contribution < -0.4 is 0 Å². The molecule has 1 aromatic carbocycles. The molecular weight excluding hydrogens is 208 g/mol. The molecule has 1 aromatic rings. The van der Waals surface area contributed by atoms with Crippen LogP contribution in [-0.4, -0.2) is 24.0 Å². The van der Waals surface area contributed by atoms with E-state index >= 15 is 0 Å². The number of benzene rings is 1. The van der Waals surface area contributed by atoms with Crippen molar-refractivity contribution >= 4 is 20.6 Å². The van der Waals surface area contributed by atoms with Gasteiger partial charge in [-0.1, -0.05) is 18.2 Å². The SMILES string of the molecule is CS(=O)CS(=O)(=O)c1ccccc1. The molecule has 0 saturated heterocycles. The van der Waals surface area contributed by atoms with Gasteiger partial charge in [-0.3, -0.25) is 4.21 Å². The fraction of sp³-hybridized carbons (Fsp3) is 0.250. The van der Waals surface area contributed by atoms with Gasteiger partial charge in [-0.05, 0) is 12.1 Å². The Hall–Kier alpha value is -0.680. The average Bonchev–Trinajstić information content (AvgIpc) is 2.04. The Kier molecular flexibility index (Phi) is 3.22. The summed E-state index contributed by atoms with van der Waals surface area (Å²) in [5, 5.41) is -0.309. The maximum absolute atomic E-state index is 11.4. The molecule has 5 heteroatoms. The van der Waals surface area contributed by atoms with E-state index in [1.807, 2.05) is 0 Å². The summed E-state index contributed by atoms with van der Waals surface area (Å²) >= 11 is 0. The molecule has 0 aliphatic heterocycles. The maximum atomic E-state index is 11.4. The zero-order valence-corrected chi connectivity index (χ0v) is 8.77. The predicted molar refractivity (Wildman–Crippen MR) is 52.6 cm³/mol. The summed E-state index contributed by atoms with van der Waals surface area (Å²) in [5.41, 5.74) is 0. The number of hydrogen-bond acceptors (Lipinski definition) is 3. The van der Waals surface area contributed by atoms with Crippen LogP contribution in [0.25, 0.3) is 0 Å². The zero-order valence-electron chi connectivity index (χ0n) is 7.14. The third-order valence-electron chi connectivity index (χ3n) is 1.42. The lowest BCUT2D eigenvalue weighted by atomic mass is 10.4. The van der Waals surface area contributed by atoms with E-state index in [-0.39, 0.29) is 9.98 Å². The lowest BCUT2D eigenvalue weighted by molar-refractivity contribution is 0.600. The van der Waals surface area contributed by atoms with Crippen molar-refractivity contribution in [2.45, 2.75) is 4.90 Å². The van der Waals surface area contributed by atoms with Crippen molar-refractivity contribution in [1.29, 1.82) is 0 Å². The summed E-state index contributed by atoms with van der Waals surface area (Å²) in [5.74, 6) is 0. The van der Waals surface area contributed by atoms with E-state index < -0.39 is 20.6 Å². The van der Waals surface area contributed by atoms with Gasteiger partial charge in [-0.2, -0.15) is 0 Å². The van der Waals surface area contributed by atoms with Crippen molar-refractivity contribution in [2.75, 3.05) is 11.3 Å². The van der Waals surface area contributed by atoms with Crippen LogP contribution in [0.5, 0.6) is 0 Å². The highest BCUT2D eigenvalue weighted by molar-refractivity contribution is 8.05. The van der Waals surface area contributed by atoms with Gasteiger partial charge in [0, 0.05) is 17.1 Å². The Morgan fingerprint density at radius 1 is 1.23 bits per heavy atom. The zero-order chi connectivity index (χ0) is 9.90. The van der Waals surface area contributed by atoms with Crippen molar-refractivity contribution in [2.24, 2.45) is 0 Å². The molecule has 1 rings (SSSR count). The van der Waals surface area contributed by atoms with Crippen molar-refractivity contribution in [3.63, 3.8) is 0 Å². The minimum atomic E-state index is -3.36. The molecule has 3 nitrogen and oxygen atoms in total. The van der Waals surface area contributed by atoms with Crippen LogP contribution in [0.2, 0.25) is 0 Å². The average molecular weight is 218 g/mol. The lowest BCUT2D eigenvalue weighted by Gasteiger charge is -2.00. The van der Waals surface area contributed by atoms with Crippen LogP contribution in [0.1, 0.15) is 0 Å². The van der Waals surface area contributed by atoms with Gasteiger partial charge in [-0.15, -0.1) is 0 Å². The Labute approximate surface area is 80.2 Å². The predicted octanol–water partition coefficient (Wildman–Crippen LogP) is 0.796. The molecule has 0 aromatic heterocycles. The van der Waals surface area contributed by atoms with Crippen molar-refractivity contribution in [1.82, 2.24) is 0 Å². The Bertz CT molecular complexity index is 395. The third kappa shape index (κ3) is 2.93. The normalized spacial score (nSPS) is 13.9. The molecular formula is C8H10O3S2. The van der Waals surface area contributed by atoms with E-state index in [1.54, 1.807) is 18.2 Å². The van der Waals surface area contributed by atoms with Gasteiger partial charge >= 0.3 is 0 Å². The second-order valence-corrected chi connectivity index (χ2v) is 6.41. The molecule has 72 valence electrons. The molecule has 0 N–H and O–H groups in total. The fourth-order valence-corrected chi connectivity index (χ4v) is 3.78. The van der Waals surface area contributed by atoms with Crippen LogP contribution in [0.15, 0.2) is 35.2 Å². The molecule has 0 fully saturated rings. The standard InChI is InChI=1S/C8H10O3S2/c1-12(9)7-13(10,11)8-5-3-2-4-6-8/h2-6H,7H2,1H3. The summed E-state index contributed by atoms with van der Waals surface area (Å²) in [6.07, 6.45) is 1.38. The topological polar surface area (TPSA) is 51.2 Å². The van der Waals surface area contributed by atoms with E-state index in [4.69, 9.17) is 0 Å². The lowest BCUT2D eigenvalue weighted by Crippen LogP contribution is -2.10. The summed E-state index contributed by atoms with van der Waals surface area (Å²) in [7, 11) is -4.68. The van der Waals surface area contributed by atoms with Crippen molar-refractivity contribution < 1.29 is 12.6 Å². The van der Waals surface area contributed by atoms with Crippen molar-refractivity contribution in [3.05, 3.63) is 30.3 Å². The quantitative estimate of drug-likeness (QED) is 0.754. The molecule has 0 spiro atoms. The minimum absolute atomic E-state index is 0.227. The highest BCUT2D eigenvalue weighted by Crippen LogP contribution is 2.10. The van der Waals surface area contributed by atoms with Gasteiger partial charge in [0.25, 0.3) is 0 Å². The van der Waals surface area contributed by atoms with Gasteiger partial charge in [0.2, 0.25) is 0 Å². The first-order valence-corrected chi connectivity index (χ1v) is 6.98. The molecule has 13 heavy (non-hydrogen) atoms. The second-order valence-electron chi connectivity index (χ2n) is 2.62. The van der Waals surface area contributed by atoms with Gasteiger partial charge in [0.05, 0.1) is 4.90 Å². The molecule has 1 atom stereocenters. The molecule has 0 heterocycles. The molecule has 0 radical (unpaired) electrons. The van der Waals surface area contributed by atoms with Crippen LogP contribution in [0, 0.1) is 0 Å². The summed E-state index contributed by atoms with van der Waals surface area (Å²) in [4.78, 5) is 0.227. The Morgan fingerprint density at radius 2 is 1.77 bits per heavy atom. The molecule has 0 aliphatic carbocycles. The van der Waals surface area contributed by atoms with Gasteiger partial charge in [0.15, 0.2) is 9.84 Å². The largest absolute Gasteiger partial charge is 0.259 e. The van der Waals surface area contributed by atoms with Gasteiger partial charge < -0.3 is 0 Å². The van der Waals surface area contributed by atoms with E-state index in [0.717, 1.165) is 0 Å². The van der Waals surface area contributed by atoms with Crippen LogP contribution >= 0.6 is 0 Å². The van der Waals surface area contributed by atoms with E-state index in [0.29, 0.717) is 0 Å². The molecule has 0 bridgehead atoms. The highest BCUT2D eigenvalue weighted by Gasteiger charge is 2.14. The third-order valence-corrected chi connectivity index (χ3v) is 4.98. The van der Waals surface area contributed by atoms with E-state index in [9.17, 15) is 12.6 Å². The van der Waals surface area contributed by atoms with E-state index in [2.05, 4.69) is 0 Å². The molecule has 0 amide bonds. The van der Waals surface area contributed by atoms with Crippen LogP contribution in [0.4, 0.5) is 0 Å². The van der Waals surface area contributed by atoms with Gasteiger partial charge in [-0.25, -0.2) is 8.42 Å². The minimum Gasteiger partial charge on any atom is -0.259 e. The summed E-state index contributed by atoms with van der Waals surface area (Å²) < 4.78 is 33.7. The van der Waals surface area contributed by atoms with Crippen LogP contribution in [-0.2, 0) is 20.6 Å². The first-order chi connectivity index (χ1) is 6.02. The number of sulfone groups is 1. The van der Waals surface area contributed by atoms with E-state index in [1.165, 1.54) is 18.4 Å². The molecule has 0 aliphatic rings. The monoisotopic (exact) mass is 218 g/mol. The fourth-order valence-electron chi connectivity index (χ4n) is 0.914. The summed E-state index contributed by atoms with van der Waals surface area (Å²) in [6.45, 7) is 0. The summed E-state index contributed by atoms with van der Waals surface area (Å²) in [6, 6.07) is 8.03. The van der Waals surface area contributed by atoms with Crippen LogP contribution in [0.3, 0.4) is 0 Å². The maximum Gasteiger partial charge on any atom is 0.190 e. The highest BCUT2D eigenvalue weighted by atomic mass is 32.3. The van der Waals surface area contributed by atoms with Gasteiger partial charge in [0.1, 0.15) is 5.08 Å².